The minimum Gasteiger partial charge on any atom is -0.310 e. The Balaban J connectivity index is 1.91. The van der Waals surface area contributed by atoms with Crippen LogP contribution in [0.1, 0.15) is 24.8 Å². The quantitative estimate of drug-likeness (QED) is 0.890. The lowest BCUT2D eigenvalue weighted by molar-refractivity contribution is -0.124. The maximum Gasteiger partial charge on any atom is 0.236 e. The zero-order chi connectivity index (χ0) is 13.3. The van der Waals surface area contributed by atoms with Gasteiger partial charge in [0.25, 0.3) is 0 Å². The lowest BCUT2D eigenvalue weighted by Crippen LogP contribution is -2.46. The monoisotopic (exact) mass is 259 g/mol. The van der Waals surface area contributed by atoms with E-state index in [1.165, 1.54) is 6.07 Å². The summed E-state index contributed by atoms with van der Waals surface area (Å²) < 4.78 is 13.9. The Bertz CT molecular complexity index is 590. The number of hydrogen-bond donors (Lipinski definition) is 2. The normalized spacial score (nSPS) is 16.7. The lowest BCUT2D eigenvalue weighted by atomic mass is 9.63. The molecule has 0 unspecified atom stereocenters. The van der Waals surface area contributed by atoms with Gasteiger partial charge in [-0.15, -0.1) is 0 Å². The van der Waals surface area contributed by atoms with Crippen LogP contribution in [0.15, 0.2) is 36.5 Å². The van der Waals surface area contributed by atoms with E-state index in [1.54, 1.807) is 30.5 Å². The van der Waals surface area contributed by atoms with Gasteiger partial charge in [-0.05, 0) is 18.9 Å². The molecule has 0 aliphatic heterocycles. The molecular formula is C14H14FN3O. The predicted molar refractivity (Wildman–Crippen MR) is 69.1 cm³/mol. The summed E-state index contributed by atoms with van der Waals surface area (Å²) in [5, 5.41) is 9.22. The van der Waals surface area contributed by atoms with Crippen molar-refractivity contribution in [1.82, 2.24) is 10.2 Å². The first-order chi connectivity index (χ1) is 9.22. The number of carbonyl (C=O) groups excluding carboxylic acids is 1. The summed E-state index contributed by atoms with van der Waals surface area (Å²) in [6.45, 7) is 0. The molecule has 1 aromatic heterocycles. The molecular weight excluding hydrogens is 245 g/mol. The lowest BCUT2D eigenvalue weighted by Gasteiger charge is -2.40. The molecule has 1 saturated carbocycles. The molecule has 0 atom stereocenters. The summed E-state index contributed by atoms with van der Waals surface area (Å²) >= 11 is 0. The maximum atomic E-state index is 13.9. The first-order valence-electron chi connectivity index (χ1n) is 6.28. The first kappa shape index (κ1) is 11.9. The molecule has 0 bridgehead atoms. The molecule has 5 heteroatoms. The fraction of sp³-hybridized carbons (Fsp3) is 0.286. The van der Waals surface area contributed by atoms with E-state index >= 15 is 0 Å². The second-order valence-electron chi connectivity index (χ2n) is 4.84. The molecule has 1 amide bonds. The molecule has 0 spiro atoms. The van der Waals surface area contributed by atoms with Crippen LogP contribution in [0.3, 0.4) is 0 Å². The van der Waals surface area contributed by atoms with E-state index in [0.717, 1.165) is 6.42 Å². The van der Waals surface area contributed by atoms with Gasteiger partial charge in [-0.2, -0.15) is 5.10 Å². The van der Waals surface area contributed by atoms with Crippen LogP contribution in [-0.2, 0) is 10.2 Å². The second-order valence-corrected chi connectivity index (χ2v) is 4.84. The average molecular weight is 259 g/mol. The second kappa shape index (κ2) is 4.50. The molecule has 1 aliphatic carbocycles. The number of H-pyrrole nitrogens is 1. The van der Waals surface area contributed by atoms with Crippen molar-refractivity contribution in [2.75, 3.05) is 5.32 Å². The third kappa shape index (κ3) is 1.91. The fourth-order valence-electron chi connectivity index (χ4n) is 2.57. The summed E-state index contributed by atoms with van der Waals surface area (Å²) in [6.07, 6.45) is 3.85. The molecule has 3 rings (SSSR count). The number of nitrogens with one attached hydrogen (secondary N) is 2. The van der Waals surface area contributed by atoms with Gasteiger partial charge in [-0.1, -0.05) is 24.6 Å². The van der Waals surface area contributed by atoms with Crippen LogP contribution in [0.4, 0.5) is 10.2 Å². The zero-order valence-corrected chi connectivity index (χ0v) is 10.3. The minimum absolute atomic E-state index is 0.173. The van der Waals surface area contributed by atoms with Crippen molar-refractivity contribution >= 4 is 11.7 Å². The van der Waals surface area contributed by atoms with Crippen molar-refractivity contribution in [3.05, 3.63) is 47.9 Å². The van der Waals surface area contributed by atoms with Crippen LogP contribution in [-0.4, -0.2) is 16.1 Å². The Morgan fingerprint density at radius 3 is 2.68 bits per heavy atom. The standard InChI is InChI=1S/C14H14FN3O/c15-11-5-2-1-4-10(11)14(7-3-8-14)13(19)17-12-6-9-16-18-12/h1-2,4-6,9H,3,7-8H2,(H2,16,17,18,19). The number of nitrogens with zero attached hydrogens (tertiary/aromatic N) is 1. The molecule has 1 fully saturated rings. The van der Waals surface area contributed by atoms with Crippen LogP contribution in [0.25, 0.3) is 0 Å². The minimum atomic E-state index is -0.740. The van der Waals surface area contributed by atoms with Gasteiger partial charge in [0, 0.05) is 11.6 Å². The van der Waals surface area contributed by atoms with Crippen molar-refractivity contribution in [3.8, 4) is 0 Å². The Morgan fingerprint density at radius 2 is 2.11 bits per heavy atom. The van der Waals surface area contributed by atoms with E-state index in [9.17, 15) is 9.18 Å². The topological polar surface area (TPSA) is 57.8 Å². The molecule has 2 N–H and O–H groups in total. The van der Waals surface area contributed by atoms with Crippen LogP contribution in [0.5, 0.6) is 0 Å². The van der Waals surface area contributed by atoms with Gasteiger partial charge < -0.3 is 5.32 Å². The molecule has 2 aromatic rings. The number of halogens is 1. The fourth-order valence-corrected chi connectivity index (χ4v) is 2.57. The Kier molecular flexibility index (Phi) is 2.81. The zero-order valence-electron chi connectivity index (χ0n) is 10.3. The van der Waals surface area contributed by atoms with Crippen molar-refractivity contribution in [2.24, 2.45) is 0 Å². The van der Waals surface area contributed by atoms with E-state index in [2.05, 4.69) is 15.5 Å². The SMILES string of the molecule is O=C(Nc1ccn[nH]1)C1(c2ccccc2F)CCC1. The summed E-state index contributed by atoms with van der Waals surface area (Å²) in [5.41, 5.74) is -0.255. The van der Waals surface area contributed by atoms with Gasteiger partial charge in [0.05, 0.1) is 11.6 Å². The van der Waals surface area contributed by atoms with Crippen LogP contribution in [0.2, 0.25) is 0 Å². The van der Waals surface area contributed by atoms with Gasteiger partial charge in [-0.25, -0.2) is 4.39 Å². The number of aromatic nitrogens is 2. The number of benzene rings is 1. The highest BCUT2D eigenvalue weighted by Gasteiger charge is 2.47. The number of hydrogen-bond acceptors (Lipinski definition) is 2. The maximum absolute atomic E-state index is 13.9. The number of carbonyl (C=O) groups is 1. The van der Waals surface area contributed by atoms with Crippen LogP contribution >= 0.6 is 0 Å². The van der Waals surface area contributed by atoms with Gasteiger partial charge >= 0.3 is 0 Å². The Hall–Kier alpha value is -2.17. The van der Waals surface area contributed by atoms with E-state index < -0.39 is 5.41 Å². The summed E-state index contributed by atoms with van der Waals surface area (Å²) in [7, 11) is 0. The predicted octanol–water partition coefficient (Wildman–Crippen LogP) is 2.61. The smallest absolute Gasteiger partial charge is 0.236 e. The first-order valence-corrected chi connectivity index (χ1v) is 6.28. The summed E-state index contributed by atoms with van der Waals surface area (Å²) in [5.74, 6) is 0.0441. The van der Waals surface area contributed by atoms with Gasteiger partial charge in [0.15, 0.2) is 0 Å². The highest BCUT2D eigenvalue weighted by molar-refractivity contribution is 5.99. The van der Waals surface area contributed by atoms with Crippen molar-refractivity contribution in [2.45, 2.75) is 24.7 Å². The molecule has 98 valence electrons. The number of rotatable bonds is 3. The Labute approximate surface area is 110 Å². The van der Waals surface area contributed by atoms with E-state index in [0.29, 0.717) is 24.2 Å². The highest BCUT2D eigenvalue weighted by atomic mass is 19.1. The van der Waals surface area contributed by atoms with Crippen LogP contribution < -0.4 is 5.32 Å². The number of aromatic amines is 1. The summed E-state index contributed by atoms with van der Waals surface area (Å²) in [6, 6.07) is 8.17. The molecule has 1 heterocycles. The Morgan fingerprint density at radius 1 is 1.32 bits per heavy atom. The largest absolute Gasteiger partial charge is 0.310 e. The molecule has 0 radical (unpaired) electrons. The summed E-state index contributed by atoms with van der Waals surface area (Å²) in [4.78, 5) is 12.4. The molecule has 19 heavy (non-hydrogen) atoms. The molecule has 1 aromatic carbocycles. The van der Waals surface area contributed by atoms with Crippen molar-refractivity contribution < 1.29 is 9.18 Å². The third-order valence-electron chi connectivity index (χ3n) is 3.78. The molecule has 1 aliphatic rings. The number of amides is 1. The third-order valence-corrected chi connectivity index (χ3v) is 3.78. The average Bonchev–Trinajstić information content (AvgIpc) is 2.83. The highest BCUT2D eigenvalue weighted by Crippen LogP contribution is 2.45. The number of anilines is 1. The van der Waals surface area contributed by atoms with Gasteiger partial charge in [-0.3, -0.25) is 9.89 Å². The van der Waals surface area contributed by atoms with Crippen LogP contribution in [0, 0.1) is 5.82 Å². The molecule has 0 saturated heterocycles. The van der Waals surface area contributed by atoms with Gasteiger partial charge in [0.1, 0.15) is 11.6 Å². The molecule has 4 nitrogen and oxygen atoms in total. The van der Waals surface area contributed by atoms with E-state index in [4.69, 9.17) is 0 Å². The van der Waals surface area contributed by atoms with Gasteiger partial charge in [0.2, 0.25) is 5.91 Å². The van der Waals surface area contributed by atoms with Crippen molar-refractivity contribution in [3.63, 3.8) is 0 Å². The van der Waals surface area contributed by atoms with E-state index in [1.807, 2.05) is 0 Å². The van der Waals surface area contributed by atoms with Crippen molar-refractivity contribution in [1.29, 1.82) is 0 Å². The van der Waals surface area contributed by atoms with E-state index in [-0.39, 0.29) is 11.7 Å².